The summed E-state index contributed by atoms with van der Waals surface area (Å²) in [6.45, 7) is 1.01. The summed E-state index contributed by atoms with van der Waals surface area (Å²) in [5, 5.41) is 14.2. The van der Waals surface area contributed by atoms with E-state index in [1.807, 2.05) is 24.3 Å². The van der Waals surface area contributed by atoms with Crippen molar-refractivity contribution in [3.8, 4) is 5.69 Å². The van der Waals surface area contributed by atoms with E-state index in [2.05, 4.69) is 36.8 Å². The Balaban J connectivity index is 1.28. The maximum atomic E-state index is 13.9. The molecule has 42 heavy (non-hydrogen) atoms. The highest BCUT2D eigenvalue weighted by molar-refractivity contribution is 9.10. The van der Waals surface area contributed by atoms with E-state index in [1.54, 1.807) is 10.6 Å². The van der Waals surface area contributed by atoms with E-state index in [9.17, 15) is 22.4 Å². The van der Waals surface area contributed by atoms with Crippen LogP contribution in [0.2, 0.25) is 0 Å². The van der Waals surface area contributed by atoms with Crippen LogP contribution in [0.25, 0.3) is 5.69 Å². The predicted molar refractivity (Wildman–Crippen MR) is 160 cm³/mol. The number of anilines is 1. The zero-order valence-electron chi connectivity index (χ0n) is 22.2. The fourth-order valence-electron chi connectivity index (χ4n) is 4.35. The number of thioether (sulfide) groups is 1. The molecule has 2 heterocycles. The Hall–Kier alpha value is -3.59. The summed E-state index contributed by atoms with van der Waals surface area (Å²) in [5.74, 6) is -1.00. The predicted octanol–water partition coefficient (Wildman–Crippen LogP) is 4.61. The quantitative estimate of drug-likeness (QED) is 0.236. The molecule has 2 amide bonds. The first-order chi connectivity index (χ1) is 20.2. The number of aromatic nitrogens is 3. The van der Waals surface area contributed by atoms with Crippen molar-refractivity contribution in [1.82, 2.24) is 24.4 Å². The van der Waals surface area contributed by atoms with Crippen LogP contribution in [0.1, 0.15) is 29.0 Å². The summed E-state index contributed by atoms with van der Waals surface area (Å²) in [6, 6.07) is 19.1. The highest BCUT2D eigenvalue weighted by Gasteiger charge is 2.27. The van der Waals surface area contributed by atoms with Gasteiger partial charge in [-0.1, -0.05) is 39.8 Å². The van der Waals surface area contributed by atoms with Crippen LogP contribution in [0.3, 0.4) is 0 Å². The van der Waals surface area contributed by atoms with Crippen molar-refractivity contribution in [3.05, 3.63) is 94.5 Å². The molecule has 0 spiro atoms. The van der Waals surface area contributed by atoms with Gasteiger partial charge in [0.15, 0.2) is 11.0 Å². The van der Waals surface area contributed by atoms with Crippen molar-refractivity contribution in [2.45, 2.75) is 29.4 Å². The summed E-state index contributed by atoms with van der Waals surface area (Å²) >= 11 is 4.53. The lowest BCUT2D eigenvalue weighted by Crippen LogP contribution is -2.28. The van der Waals surface area contributed by atoms with Crippen molar-refractivity contribution in [2.75, 3.05) is 24.2 Å². The van der Waals surface area contributed by atoms with Crippen LogP contribution < -0.4 is 10.6 Å². The summed E-state index contributed by atoms with van der Waals surface area (Å²) in [4.78, 5) is 25.6. The Bertz CT molecular complexity index is 1690. The molecule has 14 heteroatoms. The fourth-order valence-corrected chi connectivity index (χ4v) is 6.91. The average Bonchev–Trinajstić information content (AvgIpc) is 3.68. The van der Waals surface area contributed by atoms with E-state index in [1.165, 1.54) is 46.8 Å². The molecule has 0 saturated carbocycles. The number of amides is 2. The Kier molecular flexibility index (Phi) is 9.36. The van der Waals surface area contributed by atoms with E-state index < -0.39 is 27.7 Å². The first-order valence-corrected chi connectivity index (χ1v) is 16.2. The third-order valence-electron chi connectivity index (χ3n) is 6.49. The molecule has 1 fully saturated rings. The van der Waals surface area contributed by atoms with Gasteiger partial charge in [0.25, 0.3) is 5.91 Å². The molecule has 0 bridgehead atoms. The van der Waals surface area contributed by atoms with Gasteiger partial charge in [0.2, 0.25) is 15.9 Å². The highest BCUT2D eigenvalue weighted by atomic mass is 79.9. The van der Waals surface area contributed by atoms with Gasteiger partial charge in [-0.05, 0) is 73.5 Å². The molecule has 1 aliphatic heterocycles. The smallest absolute Gasteiger partial charge is 0.251 e. The number of carbonyl (C=O) groups excluding carboxylic acids is 2. The topological polar surface area (TPSA) is 126 Å². The largest absolute Gasteiger partial charge is 0.345 e. The lowest BCUT2D eigenvalue weighted by atomic mass is 10.2. The van der Waals surface area contributed by atoms with E-state index in [-0.39, 0.29) is 22.9 Å². The molecule has 10 nitrogen and oxygen atoms in total. The number of para-hydroxylation sites is 1. The van der Waals surface area contributed by atoms with Crippen LogP contribution in [0.5, 0.6) is 0 Å². The number of hydrogen-bond donors (Lipinski definition) is 2. The second kappa shape index (κ2) is 13.2. The lowest BCUT2D eigenvalue weighted by molar-refractivity contribution is -0.113. The summed E-state index contributed by atoms with van der Waals surface area (Å²) in [7, 11) is -3.58. The molecule has 4 aromatic rings. The normalized spacial score (nSPS) is 13.7. The number of nitrogens with zero attached hydrogens (tertiary/aromatic N) is 4. The Morgan fingerprint density at radius 3 is 2.33 bits per heavy atom. The third-order valence-corrected chi connectivity index (χ3v) is 9.86. The second-order valence-electron chi connectivity index (χ2n) is 9.35. The number of carbonyl (C=O) groups is 2. The lowest BCUT2D eigenvalue weighted by Gasteiger charge is -2.15. The molecule has 0 atom stereocenters. The average molecular weight is 674 g/mol. The number of benzene rings is 3. The van der Waals surface area contributed by atoms with Gasteiger partial charge in [0, 0.05) is 28.8 Å². The monoisotopic (exact) mass is 672 g/mol. The number of halogens is 2. The molecule has 218 valence electrons. The first-order valence-electron chi connectivity index (χ1n) is 13.0. The van der Waals surface area contributed by atoms with Gasteiger partial charge in [0.05, 0.1) is 22.9 Å². The minimum atomic E-state index is -3.58. The van der Waals surface area contributed by atoms with E-state index in [4.69, 9.17) is 0 Å². The molecule has 1 aromatic heterocycles. The zero-order chi connectivity index (χ0) is 29.7. The fraction of sp³-hybridized carbons (Fsp3) is 0.214. The molecule has 5 rings (SSSR count). The molecular formula is C28H26BrFN6O4S2. The Labute approximate surface area is 254 Å². The molecule has 3 aromatic carbocycles. The standard InChI is InChI=1S/C28H26BrFN6O4S2/c29-20-9-11-21(12-10-20)36-25(33-34-28(36)41-18-26(37)32-24-6-2-1-5-23(24)30)17-31-27(38)19-7-13-22(14-8-19)42(39,40)35-15-3-4-16-35/h1-2,5-14H,3-4,15-18H2,(H,31,38)(H,32,37). The first kappa shape index (κ1) is 29.9. The molecular weight excluding hydrogens is 647 g/mol. The van der Waals surface area contributed by atoms with E-state index >= 15 is 0 Å². The van der Waals surface area contributed by atoms with Gasteiger partial charge in [-0.25, -0.2) is 12.8 Å². The van der Waals surface area contributed by atoms with Crippen LogP contribution in [0.15, 0.2) is 87.3 Å². The van der Waals surface area contributed by atoms with Gasteiger partial charge in [-0.3, -0.25) is 14.2 Å². The van der Waals surface area contributed by atoms with Gasteiger partial charge in [-0.2, -0.15) is 4.31 Å². The Morgan fingerprint density at radius 2 is 1.64 bits per heavy atom. The maximum absolute atomic E-state index is 13.9. The third kappa shape index (κ3) is 6.89. The SMILES string of the molecule is O=C(CSc1nnc(CNC(=O)c2ccc(S(=O)(=O)N3CCCC3)cc2)n1-c1ccc(Br)cc1)Nc1ccccc1F. The van der Waals surface area contributed by atoms with Crippen molar-refractivity contribution >= 4 is 55.2 Å². The van der Waals surface area contributed by atoms with Crippen LogP contribution in [0.4, 0.5) is 10.1 Å². The maximum Gasteiger partial charge on any atom is 0.251 e. The van der Waals surface area contributed by atoms with Crippen molar-refractivity contribution < 1.29 is 22.4 Å². The van der Waals surface area contributed by atoms with Crippen LogP contribution in [0, 0.1) is 5.82 Å². The van der Waals surface area contributed by atoms with Gasteiger partial charge in [0.1, 0.15) is 5.82 Å². The number of sulfonamides is 1. The number of rotatable bonds is 10. The number of hydrogen-bond acceptors (Lipinski definition) is 7. The van der Waals surface area contributed by atoms with Crippen LogP contribution in [-0.2, 0) is 21.4 Å². The van der Waals surface area contributed by atoms with E-state index in [0.717, 1.165) is 29.1 Å². The molecule has 2 N–H and O–H groups in total. The summed E-state index contributed by atoms with van der Waals surface area (Å²) < 4.78 is 43.5. The minimum Gasteiger partial charge on any atom is -0.345 e. The minimum absolute atomic E-state index is 0.0116. The zero-order valence-corrected chi connectivity index (χ0v) is 25.4. The van der Waals surface area contributed by atoms with Crippen LogP contribution >= 0.6 is 27.7 Å². The van der Waals surface area contributed by atoms with Crippen LogP contribution in [-0.4, -0.2) is 58.1 Å². The Morgan fingerprint density at radius 1 is 0.952 bits per heavy atom. The van der Waals surface area contributed by atoms with Gasteiger partial charge < -0.3 is 10.6 Å². The van der Waals surface area contributed by atoms with Crippen molar-refractivity contribution in [1.29, 1.82) is 0 Å². The highest BCUT2D eigenvalue weighted by Crippen LogP contribution is 2.25. The molecule has 1 saturated heterocycles. The second-order valence-corrected chi connectivity index (χ2v) is 13.1. The van der Waals surface area contributed by atoms with Gasteiger partial charge >= 0.3 is 0 Å². The van der Waals surface area contributed by atoms with E-state index in [0.29, 0.717) is 35.3 Å². The molecule has 0 unspecified atom stereocenters. The molecule has 0 aliphatic carbocycles. The number of nitrogens with one attached hydrogen (secondary N) is 2. The summed E-state index contributed by atoms with van der Waals surface area (Å²) in [6.07, 6.45) is 1.68. The molecule has 0 radical (unpaired) electrons. The van der Waals surface area contributed by atoms with Gasteiger partial charge in [-0.15, -0.1) is 10.2 Å². The van der Waals surface area contributed by atoms with Crippen molar-refractivity contribution in [2.24, 2.45) is 0 Å². The molecule has 1 aliphatic rings. The summed E-state index contributed by atoms with van der Waals surface area (Å²) in [5.41, 5.74) is 1.09. The van der Waals surface area contributed by atoms with Crippen molar-refractivity contribution in [3.63, 3.8) is 0 Å².